The van der Waals surface area contributed by atoms with Crippen LogP contribution in [0.5, 0.6) is 0 Å². The Balaban J connectivity index is 2.21. The summed E-state index contributed by atoms with van der Waals surface area (Å²) < 4.78 is 4.85. The average molecular weight is 198 g/mol. The van der Waals surface area contributed by atoms with E-state index in [2.05, 4.69) is 10.8 Å². The van der Waals surface area contributed by atoms with Crippen LogP contribution in [-0.2, 0) is 14.4 Å². The summed E-state index contributed by atoms with van der Waals surface area (Å²) >= 11 is 0. The molecule has 1 amide bonds. The lowest BCUT2D eigenvalue weighted by molar-refractivity contribution is -0.121. The number of rotatable bonds is 5. The molecule has 1 heterocycles. The van der Waals surface area contributed by atoms with Crippen LogP contribution in [0.15, 0.2) is 24.1 Å². The van der Waals surface area contributed by atoms with E-state index >= 15 is 0 Å². The lowest BCUT2D eigenvalue weighted by Crippen LogP contribution is -2.30. The number of amides is 1. The molecule has 0 aromatic heterocycles. The Hall–Kier alpha value is -1.49. The Bertz CT molecular complexity index is 248. The second-order valence-corrected chi connectivity index (χ2v) is 2.71. The van der Waals surface area contributed by atoms with Crippen molar-refractivity contribution in [2.75, 3.05) is 20.3 Å². The molecule has 0 atom stereocenters. The molecule has 1 aliphatic heterocycles. The van der Waals surface area contributed by atoms with Gasteiger partial charge in [-0.1, -0.05) is 0 Å². The summed E-state index contributed by atoms with van der Waals surface area (Å²) in [7, 11) is 1.63. The van der Waals surface area contributed by atoms with Gasteiger partial charge >= 0.3 is 0 Å². The fourth-order valence-electron chi connectivity index (χ4n) is 0.934. The molecule has 0 spiro atoms. The number of allylic oxidation sites excluding steroid dienone is 2. The lowest BCUT2D eigenvalue weighted by atomic mass is 10.3. The average Bonchev–Trinajstić information content (AvgIpc) is 2.25. The standard InChI is InChI=1S/C9H14N2O3/c1-13-7-3-5-10-9(12)8-4-2-6-11-14-8/h2,4,6,11H,3,5,7H2,1H3,(H,10,12). The molecule has 1 aliphatic rings. The summed E-state index contributed by atoms with van der Waals surface area (Å²) in [6, 6.07) is 0. The number of hydrogen-bond donors (Lipinski definition) is 2. The van der Waals surface area contributed by atoms with Crippen LogP contribution in [0.1, 0.15) is 6.42 Å². The minimum absolute atomic E-state index is 0.224. The molecule has 0 saturated heterocycles. The van der Waals surface area contributed by atoms with E-state index in [0.29, 0.717) is 13.2 Å². The first kappa shape index (κ1) is 10.6. The third kappa shape index (κ3) is 3.49. The van der Waals surface area contributed by atoms with Crippen molar-refractivity contribution in [1.29, 1.82) is 0 Å². The predicted molar refractivity (Wildman–Crippen MR) is 50.9 cm³/mol. The highest BCUT2D eigenvalue weighted by Crippen LogP contribution is 1.99. The molecule has 1 rings (SSSR count). The fraction of sp³-hybridized carbons (Fsp3) is 0.444. The first-order valence-corrected chi connectivity index (χ1v) is 4.41. The molecule has 2 N–H and O–H groups in total. The van der Waals surface area contributed by atoms with Crippen LogP contribution >= 0.6 is 0 Å². The molecular weight excluding hydrogens is 184 g/mol. The monoisotopic (exact) mass is 198 g/mol. The molecule has 5 heteroatoms. The van der Waals surface area contributed by atoms with Gasteiger partial charge in [0.2, 0.25) is 5.76 Å². The van der Waals surface area contributed by atoms with Crippen molar-refractivity contribution in [2.45, 2.75) is 6.42 Å². The topological polar surface area (TPSA) is 59.6 Å². The molecule has 0 fully saturated rings. The van der Waals surface area contributed by atoms with Crippen LogP contribution in [-0.4, -0.2) is 26.2 Å². The maximum atomic E-state index is 11.3. The maximum Gasteiger partial charge on any atom is 0.289 e. The van der Waals surface area contributed by atoms with Crippen molar-refractivity contribution in [1.82, 2.24) is 10.8 Å². The highest BCUT2D eigenvalue weighted by atomic mass is 16.7. The highest BCUT2D eigenvalue weighted by Gasteiger charge is 2.10. The van der Waals surface area contributed by atoms with E-state index in [0.717, 1.165) is 6.42 Å². The van der Waals surface area contributed by atoms with Crippen molar-refractivity contribution >= 4 is 5.91 Å². The Morgan fingerprint density at radius 1 is 1.71 bits per heavy atom. The van der Waals surface area contributed by atoms with Crippen molar-refractivity contribution in [3.05, 3.63) is 24.1 Å². The van der Waals surface area contributed by atoms with Crippen LogP contribution in [0.3, 0.4) is 0 Å². The van der Waals surface area contributed by atoms with E-state index in [4.69, 9.17) is 9.57 Å². The van der Waals surface area contributed by atoms with Crippen LogP contribution in [0.4, 0.5) is 0 Å². The van der Waals surface area contributed by atoms with Gasteiger partial charge in [-0.25, -0.2) is 5.48 Å². The normalized spacial score (nSPS) is 13.9. The third-order valence-electron chi connectivity index (χ3n) is 1.62. The van der Waals surface area contributed by atoms with Gasteiger partial charge in [-0.3, -0.25) is 4.79 Å². The summed E-state index contributed by atoms with van der Waals surface area (Å²) in [6.07, 6.45) is 5.69. The third-order valence-corrected chi connectivity index (χ3v) is 1.62. The summed E-state index contributed by atoms with van der Waals surface area (Å²) in [5.41, 5.74) is 2.48. The zero-order valence-electron chi connectivity index (χ0n) is 8.08. The van der Waals surface area contributed by atoms with Crippen molar-refractivity contribution in [3.63, 3.8) is 0 Å². The first-order chi connectivity index (χ1) is 6.84. The molecule has 78 valence electrons. The van der Waals surface area contributed by atoms with E-state index in [1.165, 1.54) is 0 Å². The Labute approximate surface area is 82.7 Å². The SMILES string of the molecule is COCCCNC(=O)C1=CC=CNO1. The quantitative estimate of drug-likeness (QED) is 0.614. The molecule has 14 heavy (non-hydrogen) atoms. The van der Waals surface area contributed by atoms with Gasteiger partial charge in [0.1, 0.15) is 0 Å². The Morgan fingerprint density at radius 2 is 2.57 bits per heavy atom. The van der Waals surface area contributed by atoms with Gasteiger partial charge in [0, 0.05) is 26.5 Å². The van der Waals surface area contributed by atoms with Gasteiger partial charge in [-0.2, -0.15) is 0 Å². The van der Waals surface area contributed by atoms with E-state index in [1.54, 1.807) is 25.5 Å². The molecule has 0 bridgehead atoms. The minimum Gasteiger partial charge on any atom is -0.385 e. The lowest BCUT2D eigenvalue weighted by Gasteiger charge is -2.11. The van der Waals surface area contributed by atoms with E-state index in [1.807, 2.05) is 0 Å². The largest absolute Gasteiger partial charge is 0.385 e. The van der Waals surface area contributed by atoms with Gasteiger partial charge in [0.05, 0.1) is 0 Å². The molecular formula is C9H14N2O3. The number of nitrogens with one attached hydrogen (secondary N) is 2. The zero-order valence-corrected chi connectivity index (χ0v) is 8.08. The number of ether oxygens (including phenoxy) is 1. The van der Waals surface area contributed by atoms with Gasteiger partial charge in [-0.15, -0.1) is 0 Å². The van der Waals surface area contributed by atoms with E-state index in [9.17, 15) is 4.79 Å². The van der Waals surface area contributed by atoms with E-state index < -0.39 is 0 Å². The second kappa shape index (κ2) is 6.04. The second-order valence-electron chi connectivity index (χ2n) is 2.71. The minimum atomic E-state index is -0.224. The summed E-state index contributed by atoms with van der Waals surface area (Å²) in [5.74, 6) is 0.0443. The number of methoxy groups -OCH3 is 1. The molecule has 0 aromatic rings. The summed E-state index contributed by atoms with van der Waals surface area (Å²) in [6.45, 7) is 1.22. The van der Waals surface area contributed by atoms with Crippen molar-refractivity contribution in [2.24, 2.45) is 0 Å². The number of hydrogen-bond acceptors (Lipinski definition) is 4. The number of carbonyl (C=O) groups excluding carboxylic acids is 1. The fourth-order valence-corrected chi connectivity index (χ4v) is 0.934. The molecule has 0 aliphatic carbocycles. The van der Waals surface area contributed by atoms with Crippen molar-refractivity contribution < 1.29 is 14.4 Å². The van der Waals surface area contributed by atoms with Gasteiger partial charge in [0.15, 0.2) is 0 Å². The smallest absolute Gasteiger partial charge is 0.289 e. The van der Waals surface area contributed by atoms with Crippen LogP contribution in [0.25, 0.3) is 0 Å². The molecule has 5 nitrogen and oxygen atoms in total. The first-order valence-electron chi connectivity index (χ1n) is 4.41. The summed E-state index contributed by atoms with van der Waals surface area (Å²) in [5, 5.41) is 2.70. The van der Waals surface area contributed by atoms with Crippen LogP contribution in [0.2, 0.25) is 0 Å². The predicted octanol–water partition coefficient (Wildman–Crippen LogP) is 0.0715. The summed E-state index contributed by atoms with van der Waals surface area (Å²) in [4.78, 5) is 16.2. The van der Waals surface area contributed by atoms with Gasteiger partial charge in [-0.05, 0) is 18.6 Å². The molecule has 0 radical (unpaired) electrons. The molecule has 0 aromatic carbocycles. The molecule has 0 unspecified atom stereocenters. The maximum absolute atomic E-state index is 11.3. The van der Waals surface area contributed by atoms with Crippen LogP contribution < -0.4 is 10.8 Å². The zero-order chi connectivity index (χ0) is 10.2. The Kier molecular flexibility index (Phi) is 4.57. The van der Waals surface area contributed by atoms with Crippen molar-refractivity contribution in [3.8, 4) is 0 Å². The van der Waals surface area contributed by atoms with Gasteiger partial charge in [0.25, 0.3) is 5.91 Å². The molecule has 0 saturated carbocycles. The highest BCUT2D eigenvalue weighted by molar-refractivity contribution is 5.91. The number of carbonyl (C=O) groups is 1. The van der Waals surface area contributed by atoms with Crippen LogP contribution in [0, 0.1) is 0 Å². The Morgan fingerprint density at radius 3 is 3.21 bits per heavy atom. The van der Waals surface area contributed by atoms with Gasteiger partial charge < -0.3 is 14.9 Å². The number of hydroxylamine groups is 1. The van der Waals surface area contributed by atoms with E-state index in [-0.39, 0.29) is 11.7 Å².